The van der Waals surface area contributed by atoms with E-state index in [0.29, 0.717) is 12.1 Å². The normalized spacial score (nSPS) is 18.3. The lowest BCUT2D eigenvalue weighted by atomic mass is 10.3. The molecule has 0 aromatic carbocycles. The van der Waals surface area contributed by atoms with Gasteiger partial charge in [0, 0.05) is 32.3 Å². The highest BCUT2D eigenvalue weighted by atomic mass is 35.5. The minimum Gasteiger partial charge on any atom is -0.383 e. The Kier molecular flexibility index (Phi) is 4.44. The molecule has 0 radical (unpaired) electrons. The first-order chi connectivity index (χ1) is 9.78. The molecule has 2 aliphatic carbocycles. The fourth-order valence-electron chi connectivity index (χ4n) is 2.35. The molecule has 2 fully saturated rings. The summed E-state index contributed by atoms with van der Waals surface area (Å²) in [7, 11) is 1.74. The van der Waals surface area contributed by atoms with E-state index in [1.165, 1.54) is 25.7 Å². The van der Waals surface area contributed by atoms with E-state index in [1.807, 2.05) is 12.1 Å². The average Bonchev–Trinajstić information content (AvgIpc) is 3.33. The van der Waals surface area contributed by atoms with Crippen molar-refractivity contribution in [2.45, 2.75) is 44.3 Å². The monoisotopic (exact) mass is 295 g/mol. The Bertz CT molecular complexity index is 460. The van der Waals surface area contributed by atoms with Crippen molar-refractivity contribution in [1.29, 1.82) is 0 Å². The van der Waals surface area contributed by atoms with Crippen LogP contribution in [0.5, 0.6) is 0 Å². The topological polar surface area (TPSA) is 37.4 Å². The lowest BCUT2D eigenvalue weighted by Crippen LogP contribution is -2.30. The molecule has 4 nitrogen and oxygen atoms in total. The molecule has 0 spiro atoms. The number of aromatic nitrogens is 1. The minimum absolute atomic E-state index is 0.628. The standard InChI is InChI=1S/C15H22ClN3O/c1-20-9-8-19(12-4-5-12)15-7-6-13(16)14(18-15)10-17-11-2-3-11/h6-7,11-12,17H,2-5,8-10H2,1H3. The van der Waals surface area contributed by atoms with Crippen LogP contribution >= 0.6 is 11.6 Å². The molecule has 110 valence electrons. The molecule has 0 aliphatic heterocycles. The average molecular weight is 296 g/mol. The third-order valence-electron chi connectivity index (χ3n) is 3.86. The number of pyridine rings is 1. The Morgan fingerprint density at radius 2 is 2.15 bits per heavy atom. The van der Waals surface area contributed by atoms with Gasteiger partial charge in [0.2, 0.25) is 0 Å². The molecule has 20 heavy (non-hydrogen) atoms. The van der Waals surface area contributed by atoms with Crippen LogP contribution in [0.2, 0.25) is 5.02 Å². The molecule has 1 aromatic heterocycles. The molecule has 2 aliphatic rings. The second kappa shape index (κ2) is 6.29. The summed E-state index contributed by atoms with van der Waals surface area (Å²) in [4.78, 5) is 7.11. The van der Waals surface area contributed by atoms with Crippen LogP contribution in [-0.4, -0.2) is 37.3 Å². The van der Waals surface area contributed by atoms with E-state index >= 15 is 0 Å². The van der Waals surface area contributed by atoms with Gasteiger partial charge in [0.05, 0.1) is 17.3 Å². The van der Waals surface area contributed by atoms with E-state index in [9.17, 15) is 0 Å². The zero-order valence-corrected chi connectivity index (χ0v) is 12.7. The van der Waals surface area contributed by atoms with Crippen molar-refractivity contribution >= 4 is 17.4 Å². The van der Waals surface area contributed by atoms with Gasteiger partial charge in [-0.25, -0.2) is 4.98 Å². The molecular formula is C15H22ClN3O. The number of ether oxygens (including phenoxy) is 1. The summed E-state index contributed by atoms with van der Waals surface area (Å²) < 4.78 is 5.21. The predicted octanol–water partition coefficient (Wildman–Crippen LogP) is 2.60. The van der Waals surface area contributed by atoms with Crippen LogP contribution in [0.3, 0.4) is 0 Å². The van der Waals surface area contributed by atoms with Crippen LogP contribution in [0.1, 0.15) is 31.4 Å². The van der Waals surface area contributed by atoms with Gasteiger partial charge in [-0.15, -0.1) is 0 Å². The highest BCUT2D eigenvalue weighted by molar-refractivity contribution is 6.31. The van der Waals surface area contributed by atoms with Gasteiger partial charge in [0.15, 0.2) is 0 Å². The van der Waals surface area contributed by atoms with Gasteiger partial charge in [-0.3, -0.25) is 0 Å². The van der Waals surface area contributed by atoms with E-state index in [2.05, 4.69) is 10.2 Å². The van der Waals surface area contributed by atoms with Crippen LogP contribution in [0.25, 0.3) is 0 Å². The third kappa shape index (κ3) is 3.62. The van der Waals surface area contributed by atoms with Crippen LogP contribution in [0, 0.1) is 0 Å². The van der Waals surface area contributed by atoms with Crippen molar-refractivity contribution in [3.8, 4) is 0 Å². The molecule has 0 unspecified atom stereocenters. The van der Waals surface area contributed by atoms with Crippen molar-refractivity contribution in [1.82, 2.24) is 10.3 Å². The van der Waals surface area contributed by atoms with Crippen molar-refractivity contribution < 1.29 is 4.74 Å². The fourth-order valence-corrected chi connectivity index (χ4v) is 2.52. The van der Waals surface area contributed by atoms with E-state index < -0.39 is 0 Å². The quantitative estimate of drug-likeness (QED) is 0.800. The highest BCUT2D eigenvalue weighted by Crippen LogP contribution is 2.31. The summed E-state index contributed by atoms with van der Waals surface area (Å²) in [6.45, 7) is 2.39. The maximum Gasteiger partial charge on any atom is 0.129 e. The zero-order valence-electron chi connectivity index (χ0n) is 11.9. The summed E-state index contributed by atoms with van der Waals surface area (Å²) in [6.07, 6.45) is 5.06. The number of methoxy groups -OCH3 is 1. The van der Waals surface area contributed by atoms with Gasteiger partial charge in [-0.2, -0.15) is 0 Å². The summed E-state index contributed by atoms with van der Waals surface area (Å²) in [6, 6.07) is 5.29. The van der Waals surface area contributed by atoms with E-state index in [4.69, 9.17) is 21.3 Å². The molecule has 5 heteroatoms. The van der Waals surface area contributed by atoms with Crippen molar-refractivity contribution in [3.05, 3.63) is 22.8 Å². The molecule has 0 atom stereocenters. The summed E-state index contributed by atoms with van der Waals surface area (Å²) in [5.74, 6) is 1.03. The van der Waals surface area contributed by atoms with Crippen LogP contribution in [-0.2, 0) is 11.3 Å². The number of nitrogens with one attached hydrogen (secondary N) is 1. The smallest absolute Gasteiger partial charge is 0.129 e. The second-order valence-electron chi connectivity index (χ2n) is 5.67. The predicted molar refractivity (Wildman–Crippen MR) is 81.4 cm³/mol. The van der Waals surface area contributed by atoms with Crippen molar-refractivity contribution in [2.75, 3.05) is 25.2 Å². The van der Waals surface area contributed by atoms with E-state index in [0.717, 1.165) is 36.2 Å². The molecule has 0 amide bonds. The Labute approximate surface area is 125 Å². The van der Waals surface area contributed by atoms with Gasteiger partial charge in [-0.05, 0) is 37.8 Å². The Morgan fingerprint density at radius 3 is 2.80 bits per heavy atom. The van der Waals surface area contributed by atoms with Crippen LogP contribution < -0.4 is 10.2 Å². The number of halogens is 1. The Hall–Kier alpha value is -0.840. The second-order valence-corrected chi connectivity index (χ2v) is 6.08. The number of hydrogen-bond donors (Lipinski definition) is 1. The summed E-state index contributed by atoms with van der Waals surface area (Å²) in [5, 5.41) is 4.23. The molecule has 0 saturated heterocycles. The van der Waals surface area contributed by atoms with Crippen molar-refractivity contribution in [2.24, 2.45) is 0 Å². The first-order valence-corrected chi connectivity index (χ1v) is 7.80. The first kappa shape index (κ1) is 14.1. The van der Waals surface area contributed by atoms with Gasteiger partial charge >= 0.3 is 0 Å². The molecule has 0 bridgehead atoms. The molecule has 3 rings (SSSR count). The highest BCUT2D eigenvalue weighted by Gasteiger charge is 2.30. The summed E-state index contributed by atoms with van der Waals surface area (Å²) in [5.41, 5.74) is 0.958. The minimum atomic E-state index is 0.628. The van der Waals surface area contributed by atoms with E-state index in [-0.39, 0.29) is 0 Å². The number of hydrogen-bond acceptors (Lipinski definition) is 4. The maximum atomic E-state index is 6.26. The van der Waals surface area contributed by atoms with Gasteiger partial charge in [-0.1, -0.05) is 11.6 Å². The van der Waals surface area contributed by atoms with Crippen LogP contribution in [0.15, 0.2) is 12.1 Å². The number of rotatable bonds is 8. The molecule has 1 heterocycles. The van der Waals surface area contributed by atoms with Gasteiger partial charge in [0.1, 0.15) is 5.82 Å². The number of anilines is 1. The van der Waals surface area contributed by atoms with Gasteiger partial charge in [0.25, 0.3) is 0 Å². The maximum absolute atomic E-state index is 6.26. The SMILES string of the molecule is COCCN(c1ccc(Cl)c(CNC2CC2)n1)C1CC1. The Morgan fingerprint density at radius 1 is 1.35 bits per heavy atom. The third-order valence-corrected chi connectivity index (χ3v) is 4.20. The lowest BCUT2D eigenvalue weighted by molar-refractivity contribution is 0.204. The fraction of sp³-hybridized carbons (Fsp3) is 0.667. The number of nitrogens with zero attached hydrogens (tertiary/aromatic N) is 2. The van der Waals surface area contributed by atoms with Crippen LogP contribution in [0.4, 0.5) is 5.82 Å². The molecule has 1 aromatic rings. The van der Waals surface area contributed by atoms with Crippen molar-refractivity contribution in [3.63, 3.8) is 0 Å². The molecular weight excluding hydrogens is 274 g/mol. The lowest BCUT2D eigenvalue weighted by Gasteiger charge is -2.24. The first-order valence-electron chi connectivity index (χ1n) is 7.42. The molecule has 1 N–H and O–H groups in total. The Balaban J connectivity index is 1.71. The zero-order chi connectivity index (χ0) is 13.9. The van der Waals surface area contributed by atoms with E-state index in [1.54, 1.807) is 7.11 Å². The summed E-state index contributed by atoms with van der Waals surface area (Å²) >= 11 is 6.26. The largest absolute Gasteiger partial charge is 0.383 e. The van der Waals surface area contributed by atoms with Gasteiger partial charge < -0.3 is 15.0 Å². The molecule has 2 saturated carbocycles.